The van der Waals surface area contributed by atoms with Crippen LogP contribution in [0.1, 0.15) is 52.9 Å². The quantitative estimate of drug-likeness (QED) is 0.755. The molecule has 100 valence electrons. The molecular formula is C15H30N2. The Morgan fingerprint density at radius 3 is 2.35 bits per heavy atom. The molecule has 0 aromatic rings. The third kappa shape index (κ3) is 3.96. The molecule has 2 aliphatic rings. The highest BCUT2D eigenvalue weighted by molar-refractivity contribution is 4.83. The molecule has 2 rings (SSSR count). The average Bonchev–Trinajstić information content (AvgIpc) is 2.22. The van der Waals surface area contributed by atoms with Crippen LogP contribution >= 0.6 is 0 Å². The van der Waals surface area contributed by atoms with Crippen LogP contribution in [-0.4, -0.2) is 36.6 Å². The second kappa shape index (κ2) is 6.19. The van der Waals surface area contributed by atoms with E-state index in [9.17, 15) is 0 Å². The molecule has 0 aromatic carbocycles. The third-order valence-corrected chi connectivity index (χ3v) is 4.63. The van der Waals surface area contributed by atoms with E-state index in [4.69, 9.17) is 0 Å². The lowest BCUT2D eigenvalue weighted by atomic mass is 9.79. The summed E-state index contributed by atoms with van der Waals surface area (Å²) in [4.78, 5) is 2.80. The summed E-state index contributed by atoms with van der Waals surface area (Å²) in [5.41, 5.74) is 0. The molecule has 1 saturated carbocycles. The summed E-state index contributed by atoms with van der Waals surface area (Å²) in [6.07, 6.45) is 6.96. The van der Waals surface area contributed by atoms with Gasteiger partial charge >= 0.3 is 0 Å². The van der Waals surface area contributed by atoms with E-state index in [-0.39, 0.29) is 0 Å². The van der Waals surface area contributed by atoms with Gasteiger partial charge in [0.25, 0.3) is 0 Å². The minimum Gasteiger partial charge on any atom is -0.314 e. The molecule has 1 heterocycles. The van der Waals surface area contributed by atoms with E-state index >= 15 is 0 Å². The maximum absolute atomic E-state index is 3.60. The molecule has 1 saturated heterocycles. The summed E-state index contributed by atoms with van der Waals surface area (Å²) in [5.74, 6) is 1.87. The van der Waals surface area contributed by atoms with Gasteiger partial charge in [-0.15, -0.1) is 0 Å². The van der Waals surface area contributed by atoms with E-state index in [1.807, 2.05) is 0 Å². The Hall–Kier alpha value is -0.0800. The summed E-state index contributed by atoms with van der Waals surface area (Å²) < 4.78 is 0. The van der Waals surface area contributed by atoms with Crippen molar-refractivity contribution in [2.24, 2.45) is 11.8 Å². The Kier molecular flexibility index (Phi) is 4.87. The van der Waals surface area contributed by atoms with Gasteiger partial charge in [0, 0.05) is 12.1 Å². The number of hydrogen-bond donors (Lipinski definition) is 1. The van der Waals surface area contributed by atoms with Gasteiger partial charge in [-0.05, 0) is 70.5 Å². The van der Waals surface area contributed by atoms with Crippen LogP contribution in [0.4, 0.5) is 0 Å². The number of hydrogen-bond acceptors (Lipinski definition) is 2. The molecule has 1 N–H and O–H groups in total. The lowest BCUT2D eigenvalue weighted by Crippen LogP contribution is -2.45. The van der Waals surface area contributed by atoms with Crippen LogP contribution in [0.15, 0.2) is 0 Å². The number of nitrogens with zero attached hydrogens (tertiary/aromatic N) is 1. The maximum Gasteiger partial charge on any atom is 0.0100 e. The zero-order valence-corrected chi connectivity index (χ0v) is 11.9. The highest BCUT2D eigenvalue weighted by atomic mass is 15.2. The van der Waals surface area contributed by atoms with Gasteiger partial charge in [-0.25, -0.2) is 0 Å². The molecule has 0 aromatic heterocycles. The van der Waals surface area contributed by atoms with Gasteiger partial charge in [-0.3, -0.25) is 0 Å². The smallest absolute Gasteiger partial charge is 0.0100 e. The minimum absolute atomic E-state index is 0.705. The van der Waals surface area contributed by atoms with Crippen molar-refractivity contribution in [2.45, 2.75) is 65.0 Å². The fourth-order valence-corrected chi connectivity index (χ4v) is 3.77. The van der Waals surface area contributed by atoms with Crippen molar-refractivity contribution in [3.05, 3.63) is 0 Å². The first-order chi connectivity index (χ1) is 8.15. The molecule has 1 aliphatic carbocycles. The predicted molar refractivity (Wildman–Crippen MR) is 74.2 cm³/mol. The SMILES string of the molecule is CC1CC(C)CC(N2CCCNC(C)CC2)C1. The van der Waals surface area contributed by atoms with E-state index < -0.39 is 0 Å². The average molecular weight is 238 g/mol. The molecule has 1 aliphatic heterocycles. The fourth-order valence-electron chi connectivity index (χ4n) is 3.77. The first kappa shape index (κ1) is 13.4. The van der Waals surface area contributed by atoms with Gasteiger partial charge in [-0.2, -0.15) is 0 Å². The lowest BCUT2D eigenvalue weighted by molar-refractivity contribution is 0.0989. The van der Waals surface area contributed by atoms with Crippen LogP contribution in [0.2, 0.25) is 0 Å². The molecule has 3 unspecified atom stereocenters. The van der Waals surface area contributed by atoms with E-state index in [0.717, 1.165) is 17.9 Å². The molecule has 17 heavy (non-hydrogen) atoms. The van der Waals surface area contributed by atoms with Crippen molar-refractivity contribution in [3.8, 4) is 0 Å². The Labute approximate surface area is 107 Å². The molecule has 0 bridgehead atoms. The van der Waals surface area contributed by atoms with E-state index in [1.165, 1.54) is 51.7 Å². The van der Waals surface area contributed by atoms with Gasteiger partial charge in [0.05, 0.1) is 0 Å². The van der Waals surface area contributed by atoms with Gasteiger partial charge in [0.2, 0.25) is 0 Å². The molecule has 0 amide bonds. The van der Waals surface area contributed by atoms with Crippen LogP contribution in [0.3, 0.4) is 0 Å². The topological polar surface area (TPSA) is 15.3 Å². The van der Waals surface area contributed by atoms with Crippen LogP contribution in [0.5, 0.6) is 0 Å². The Morgan fingerprint density at radius 2 is 1.65 bits per heavy atom. The maximum atomic E-state index is 3.60. The summed E-state index contributed by atoms with van der Waals surface area (Å²) in [6.45, 7) is 11.0. The van der Waals surface area contributed by atoms with Gasteiger partial charge in [0.15, 0.2) is 0 Å². The lowest BCUT2D eigenvalue weighted by Gasteiger charge is -2.40. The van der Waals surface area contributed by atoms with Gasteiger partial charge in [0.1, 0.15) is 0 Å². The zero-order valence-electron chi connectivity index (χ0n) is 11.9. The van der Waals surface area contributed by atoms with Crippen molar-refractivity contribution in [3.63, 3.8) is 0 Å². The van der Waals surface area contributed by atoms with Crippen molar-refractivity contribution in [2.75, 3.05) is 19.6 Å². The normalized spacial score (nSPS) is 41.8. The van der Waals surface area contributed by atoms with Crippen molar-refractivity contribution >= 4 is 0 Å². The van der Waals surface area contributed by atoms with E-state index in [1.54, 1.807) is 0 Å². The summed E-state index contributed by atoms with van der Waals surface area (Å²) in [6, 6.07) is 1.58. The second-order valence-electron chi connectivity index (χ2n) is 6.60. The van der Waals surface area contributed by atoms with E-state index in [0.29, 0.717) is 6.04 Å². The monoisotopic (exact) mass is 238 g/mol. The first-order valence-electron chi connectivity index (χ1n) is 7.62. The molecule has 3 atom stereocenters. The summed E-state index contributed by atoms with van der Waals surface area (Å²) in [5, 5.41) is 3.60. The van der Waals surface area contributed by atoms with Crippen LogP contribution in [0, 0.1) is 11.8 Å². The molecule has 2 fully saturated rings. The molecule has 2 nitrogen and oxygen atoms in total. The number of nitrogens with one attached hydrogen (secondary N) is 1. The second-order valence-corrected chi connectivity index (χ2v) is 6.60. The van der Waals surface area contributed by atoms with Crippen molar-refractivity contribution < 1.29 is 0 Å². The standard InChI is InChI=1S/C15H30N2/c1-12-9-13(2)11-15(10-12)17-7-4-6-16-14(3)5-8-17/h12-16H,4-11H2,1-3H3. The zero-order chi connectivity index (χ0) is 12.3. The van der Waals surface area contributed by atoms with Crippen LogP contribution < -0.4 is 5.32 Å². The van der Waals surface area contributed by atoms with Crippen LogP contribution in [0.25, 0.3) is 0 Å². The van der Waals surface area contributed by atoms with Crippen molar-refractivity contribution in [1.82, 2.24) is 10.2 Å². The summed E-state index contributed by atoms with van der Waals surface area (Å²) >= 11 is 0. The van der Waals surface area contributed by atoms with Gasteiger partial charge < -0.3 is 10.2 Å². The third-order valence-electron chi connectivity index (χ3n) is 4.63. The van der Waals surface area contributed by atoms with Gasteiger partial charge in [-0.1, -0.05) is 13.8 Å². The minimum atomic E-state index is 0.705. The molecule has 0 radical (unpaired) electrons. The molecule has 0 spiro atoms. The number of rotatable bonds is 1. The Balaban J connectivity index is 1.90. The highest BCUT2D eigenvalue weighted by Gasteiger charge is 2.28. The Bertz CT molecular complexity index is 219. The van der Waals surface area contributed by atoms with Crippen molar-refractivity contribution in [1.29, 1.82) is 0 Å². The highest BCUT2D eigenvalue weighted by Crippen LogP contribution is 2.31. The van der Waals surface area contributed by atoms with E-state index in [2.05, 4.69) is 31.0 Å². The molecular weight excluding hydrogens is 208 g/mol. The Morgan fingerprint density at radius 1 is 0.941 bits per heavy atom. The van der Waals surface area contributed by atoms with Crippen LogP contribution in [-0.2, 0) is 0 Å². The predicted octanol–water partition coefficient (Wildman–Crippen LogP) is 2.89. The fraction of sp³-hybridized carbons (Fsp3) is 1.00. The molecule has 2 heteroatoms. The summed E-state index contributed by atoms with van der Waals surface area (Å²) in [7, 11) is 0. The first-order valence-corrected chi connectivity index (χ1v) is 7.62. The largest absolute Gasteiger partial charge is 0.314 e.